The number of ether oxygens (including phenoxy) is 1. The van der Waals surface area contributed by atoms with Gasteiger partial charge in [-0.2, -0.15) is 13.2 Å². The van der Waals surface area contributed by atoms with Crippen molar-refractivity contribution in [2.45, 2.75) is 57.2 Å². The van der Waals surface area contributed by atoms with Gasteiger partial charge in [-0.15, -0.1) is 0 Å². The molecule has 38 heavy (non-hydrogen) atoms. The van der Waals surface area contributed by atoms with E-state index in [0.29, 0.717) is 37.0 Å². The number of nitrogens with zero attached hydrogens (tertiary/aromatic N) is 2. The summed E-state index contributed by atoms with van der Waals surface area (Å²) >= 11 is 0. The van der Waals surface area contributed by atoms with Gasteiger partial charge in [0.2, 0.25) is 0 Å². The van der Waals surface area contributed by atoms with Gasteiger partial charge >= 0.3 is 12.2 Å². The van der Waals surface area contributed by atoms with Crippen LogP contribution in [0.25, 0.3) is 11.1 Å². The molecular formula is C28H35F3N4O3. The maximum absolute atomic E-state index is 12.9. The summed E-state index contributed by atoms with van der Waals surface area (Å²) in [6, 6.07) is 9.17. The number of hydrogen-bond acceptors (Lipinski definition) is 5. The lowest BCUT2D eigenvalue weighted by molar-refractivity contribution is -0.143. The van der Waals surface area contributed by atoms with E-state index in [9.17, 15) is 23.1 Å². The second-order valence-corrected chi connectivity index (χ2v) is 11.1. The van der Waals surface area contributed by atoms with Crippen molar-refractivity contribution in [1.29, 1.82) is 0 Å². The molecule has 206 valence electrons. The van der Waals surface area contributed by atoms with Gasteiger partial charge in [0.05, 0.1) is 18.9 Å². The van der Waals surface area contributed by atoms with Gasteiger partial charge < -0.3 is 25.4 Å². The molecule has 0 unspecified atom stereocenters. The molecule has 1 aliphatic carbocycles. The van der Waals surface area contributed by atoms with Crippen molar-refractivity contribution in [1.82, 2.24) is 9.88 Å². The third kappa shape index (κ3) is 5.76. The van der Waals surface area contributed by atoms with Gasteiger partial charge in [0.1, 0.15) is 5.82 Å². The molecule has 4 atom stereocenters. The number of carbonyl (C=O) groups excluding carboxylic acids is 1. The Balaban J connectivity index is 1.39. The van der Waals surface area contributed by atoms with E-state index in [1.165, 1.54) is 4.90 Å². The zero-order valence-corrected chi connectivity index (χ0v) is 21.8. The first-order valence-electron chi connectivity index (χ1n) is 13.3. The summed E-state index contributed by atoms with van der Waals surface area (Å²) in [6.45, 7) is 5.72. The number of halogens is 3. The highest BCUT2D eigenvalue weighted by Gasteiger charge is 2.57. The molecule has 1 aromatic carbocycles. The number of fused-ring (bicyclic) bond motifs is 1. The lowest BCUT2D eigenvalue weighted by Crippen LogP contribution is -2.33. The minimum Gasteiger partial charge on any atom is -0.394 e. The number of benzene rings is 1. The topological polar surface area (TPSA) is 86.7 Å². The van der Waals surface area contributed by atoms with E-state index in [0.717, 1.165) is 41.8 Å². The molecule has 3 fully saturated rings. The van der Waals surface area contributed by atoms with Crippen molar-refractivity contribution >= 4 is 17.5 Å². The van der Waals surface area contributed by atoms with Crippen LogP contribution >= 0.6 is 0 Å². The van der Waals surface area contributed by atoms with E-state index in [1.807, 2.05) is 38.1 Å². The largest absolute Gasteiger partial charge is 0.394 e. The number of aryl methyl sites for hydroxylation is 1. The van der Waals surface area contributed by atoms with E-state index >= 15 is 0 Å². The maximum atomic E-state index is 12.9. The molecule has 10 heteroatoms. The number of anilines is 2. The van der Waals surface area contributed by atoms with Crippen LogP contribution in [0, 0.1) is 18.8 Å². The zero-order chi connectivity index (χ0) is 27.1. The Morgan fingerprint density at radius 3 is 2.87 bits per heavy atom. The summed E-state index contributed by atoms with van der Waals surface area (Å²) in [6.07, 6.45) is -2.78. The molecule has 2 aromatic rings. The molecule has 3 N–H and O–H groups in total. The Morgan fingerprint density at radius 1 is 1.32 bits per heavy atom. The summed E-state index contributed by atoms with van der Waals surface area (Å²) in [7, 11) is 0. The molecule has 2 aliphatic heterocycles. The zero-order valence-electron chi connectivity index (χ0n) is 21.8. The quantitative estimate of drug-likeness (QED) is 0.449. The number of nitrogens with one attached hydrogen (secondary N) is 2. The van der Waals surface area contributed by atoms with Crippen LogP contribution in [0.2, 0.25) is 0 Å². The Kier molecular flexibility index (Phi) is 7.30. The van der Waals surface area contributed by atoms with Gasteiger partial charge in [-0.3, -0.25) is 0 Å². The lowest BCUT2D eigenvalue weighted by Gasteiger charge is -2.24. The number of amides is 2. The Morgan fingerprint density at radius 2 is 2.13 bits per heavy atom. The summed E-state index contributed by atoms with van der Waals surface area (Å²) in [4.78, 5) is 19.2. The van der Waals surface area contributed by atoms with Crippen LogP contribution in [-0.2, 0) is 10.2 Å². The van der Waals surface area contributed by atoms with E-state index in [2.05, 4.69) is 16.7 Å². The Labute approximate surface area is 220 Å². The summed E-state index contributed by atoms with van der Waals surface area (Å²) in [5.41, 5.74) is 4.51. The van der Waals surface area contributed by atoms with Crippen LogP contribution in [0.5, 0.6) is 0 Å². The number of likely N-dealkylation sites (tertiary alicyclic amines) is 1. The van der Waals surface area contributed by atoms with Crippen molar-refractivity contribution in [3.63, 3.8) is 0 Å². The molecule has 0 radical (unpaired) electrons. The maximum Gasteiger partial charge on any atom is 0.389 e. The number of pyridine rings is 1. The first-order valence-corrected chi connectivity index (χ1v) is 13.3. The van der Waals surface area contributed by atoms with Gasteiger partial charge in [-0.1, -0.05) is 6.07 Å². The minimum atomic E-state index is -4.22. The lowest BCUT2D eigenvalue weighted by atomic mass is 9.90. The molecule has 5 rings (SSSR count). The first-order chi connectivity index (χ1) is 18.1. The molecule has 0 bridgehead atoms. The minimum absolute atomic E-state index is 0.00951. The predicted molar refractivity (Wildman–Crippen MR) is 139 cm³/mol. The average molecular weight is 533 g/mol. The van der Waals surface area contributed by atoms with Crippen molar-refractivity contribution < 1.29 is 27.8 Å². The molecule has 3 aliphatic rings. The molecule has 7 nitrogen and oxygen atoms in total. The standard InChI is InChI=1S/C28H35F3N4O3/c1-17-3-4-22(33-26(37)35-7-5-19(14-35)12-28(29,30)31)11-23(17)20-9-24(27-6-8-38-16-21(27)13-27)34-25(10-20)32-18(2)15-36/h3-4,9-11,18-19,21,36H,5-8,12-16H2,1-2H3,(H,32,34)(H,33,37)/t18-,19+,21-,27+/m1/s1. The smallest absolute Gasteiger partial charge is 0.389 e. The Bertz CT molecular complexity index is 1190. The van der Waals surface area contributed by atoms with E-state index in [-0.39, 0.29) is 30.6 Å². The van der Waals surface area contributed by atoms with E-state index < -0.39 is 18.5 Å². The third-order valence-corrected chi connectivity index (χ3v) is 8.14. The second-order valence-electron chi connectivity index (χ2n) is 11.1. The average Bonchev–Trinajstić information content (AvgIpc) is 3.46. The number of urea groups is 1. The molecule has 3 heterocycles. The van der Waals surface area contributed by atoms with Gasteiger partial charge in [0, 0.05) is 43.3 Å². The third-order valence-electron chi connectivity index (χ3n) is 8.14. The highest BCUT2D eigenvalue weighted by Crippen LogP contribution is 2.58. The SMILES string of the molecule is Cc1ccc(NC(=O)N2CC[C@@H](CC(F)(F)F)C2)cc1-c1cc(N[C@H](C)CO)nc([C@]23CCOC[C@H]2C3)c1. The fraction of sp³-hybridized carbons (Fsp3) is 0.571. The van der Waals surface area contributed by atoms with Crippen molar-refractivity contribution in [3.8, 4) is 11.1 Å². The molecule has 2 saturated heterocycles. The van der Waals surface area contributed by atoms with Crippen LogP contribution < -0.4 is 10.6 Å². The molecular weight excluding hydrogens is 497 g/mol. The number of aliphatic hydroxyl groups excluding tert-OH is 1. The van der Waals surface area contributed by atoms with Crippen molar-refractivity contribution in [3.05, 3.63) is 41.6 Å². The van der Waals surface area contributed by atoms with Crippen LogP contribution in [0.1, 0.15) is 43.9 Å². The number of rotatable bonds is 7. The van der Waals surface area contributed by atoms with Crippen molar-refractivity contribution in [2.75, 3.05) is 43.5 Å². The molecule has 1 aromatic heterocycles. The van der Waals surface area contributed by atoms with Gasteiger partial charge in [0.25, 0.3) is 0 Å². The second kappa shape index (κ2) is 10.4. The summed E-state index contributed by atoms with van der Waals surface area (Å²) < 4.78 is 44.0. The van der Waals surface area contributed by atoms with Crippen LogP contribution in [0.3, 0.4) is 0 Å². The normalized spacial score (nSPS) is 25.6. The highest BCUT2D eigenvalue weighted by molar-refractivity contribution is 5.90. The number of hydrogen-bond donors (Lipinski definition) is 3. The predicted octanol–water partition coefficient (Wildman–Crippen LogP) is 5.33. The molecule has 2 amide bonds. The number of carbonyl (C=O) groups is 1. The molecule has 1 saturated carbocycles. The fourth-order valence-electron chi connectivity index (χ4n) is 5.86. The molecule has 0 spiro atoms. The highest BCUT2D eigenvalue weighted by atomic mass is 19.4. The van der Waals surface area contributed by atoms with Crippen molar-refractivity contribution in [2.24, 2.45) is 11.8 Å². The summed E-state index contributed by atoms with van der Waals surface area (Å²) in [5, 5.41) is 15.7. The Hall–Kier alpha value is -2.85. The van der Waals surface area contributed by atoms with Gasteiger partial charge in [-0.05, 0) is 85.9 Å². The van der Waals surface area contributed by atoms with Gasteiger partial charge in [0.15, 0.2) is 0 Å². The fourth-order valence-corrected chi connectivity index (χ4v) is 5.86. The van der Waals surface area contributed by atoms with Gasteiger partial charge in [-0.25, -0.2) is 9.78 Å². The monoisotopic (exact) mass is 532 g/mol. The van der Waals surface area contributed by atoms with E-state index in [1.54, 1.807) is 0 Å². The first kappa shape index (κ1) is 26.7. The van der Waals surface area contributed by atoms with Crippen LogP contribution in [0.4, 0.5) is 29.5 Å². The van der Waals surface area contributed by atoms with Crippen LogP contribution in [-0.4, -0.2) is 66.1 Å². The van der Waals surface area contributed by atoms with E-state index in [4.69, 9.17) is 9.72 Å². The number of alkyl halides is 3. The summed E-state index contributed by atoms with van der Waals surface area (Å²) in [5.74, 6) is 0.579. The van der Waals surface area contributed by atoms with Crippen LogP contribution in [0.15, 0.2) is 30.3 Å². The number of aliphatic hydroxyl groups is 1. The number of aromatic nitrogens is 1.